The lowest BCUT2D eigenvalue weighted by Gasteiger charge is -2.24. The number of nitrogens with one attached hydrogen (secondary N) is 3. The lowest BCUT2D eigenvalue weighted by atomic mass is 9.89. The van der Waals surface area contributed by atoms with Crippen LogP contribution in [0.25, 0.3) is 11.1 Å². The van der Waals surface area contributed by atoms with E-state index in [1.165, 1.54) is 0 Å². The van der Waals surface area contributed by atoms with Crippen LogP contribution in [0, 0.1) is 11.8 Å². The van der Waals surface area contributed by atoms with Crippen LogP contribution in [-0.4, -0.2) is 48.1 Å². The second-order valence-electron chi connectivity index (χ2n) is 11.3. The van der Waals surface area contributed by atoms with E-state index in [0.717, 1.165) is 22.3 Å². The number of ketones is 1. The fourth-order valence-electron chi connectivity index (χ4n) is 5.58. The first-order valence-corrected chi connectivity index (χ1v) is 14.9. The van der Waals surface area contributed by atoms with Gasteiger partial charge in [-0.15, -0.1) is 0 Å². The zero-order valence-corrected chi connectivity index (χ0v) is 25.0. The van der Waals surface area contributed by atoms with Gasteiger partial charge in [0.15, 0.2) is 5.78 Å². The van der Waals surface area contributed by atoms with Crippen molar-refractivity contribution in [2.75, 3.05) is 18.5 Å². The zero-order chi connectivity index (χ0) is 31.6. The molecule has 1 aliphatic rings. The zero-order valence-electron chi connectivity index (χ0n) is 25.0. The standard InChI is InChI=1S/C34H40N4O6/c1-21(2)31(38-34(43)44-20-29-27-11-5-3-9-25(27)26-10-4-6-12-28(26)29)30(40)18-23(8-7-17-36-33(35)42)32(41)37-24-15-13-22(19-39)14-16-24/h3-6,9-16,21,23,29,31,39H,7-8,17-20H2,1-2H3,(H,37,41)(H,38,43)(H3,35,36,42)/t23-,31+/m1/s1. The number of aliphatic hydroxyl groups excluding tert-OH is 1. The maximum atomic E-state index is 13.5. The van der Waals surface area contributed by atoms with Crippen molar-refractivity contribution in [2.45, 2.75) is 51.7 Å². The second kappa shape index (κ2) is 15.2. The molecule has 0 fully saturated rings. The minimum absolute atomic E-state index is 0.116. The molecular formula is C34H40N4O6. The normalized spacial score (nSPS) is 13.4. The summed E-state index contributed by atoms with van der Waals surface area (Å²) in [5, 5.41) is 17.3. The molecule has 0 aliphatic heterocycles. The fourth-order valence-corrected chi connectivity index (χ4v) is 5.58. The fraction of sp³-hybridized carbons (Fsp3) is 0.353. The van der Waals surface area contributed by atoms with Gasteiger partial charge in [-0.25, -0.2) is 9.59 Å². The van der Waals surface area contributed by atoms with E-state index < -0.39 is 24.1 Å². The predicted octanol–water partition coefficient (Wildman–Crippen LogP) is 4.70. The van der Waals surface area contributed by atoms with Crippen molar-refractivity contribution < 1.29 is 29.0 Å². The number of aliphatic hydroxyl groups is 1. The molecule has 4 amide bonds. The number of hydrogen-bond acceptors (Lipinski definition) is 6. The number of Topliss-reactive ketones (excluding diaryl/α,β-unsaturated/α-hetero) is 1. The number of anilines is 1. The van der Waals surface area contributed by atoms with Gasteiger partial charge in [0.2, 0.25) is 5.91 Å². The van der Waals surface area contributed by atoms with Gasteiger partial charge in [-0.3, -0.25) is 9.59 Å². The van der Waals surface area contributed by atoms with Gasteiger partial charge in [0.1, 0.15) is 6.61 Å². The number of carbonyl (C=O) groups is 4. The Labute approximate surface area is 257 Å². The van der Waals surface area contributed by atoms with Crippen molar-refractivity contribution in [1.29, 1.82) is 0 Å². The third-order valence-electron chi connectivity index (χ3n) is 7.88. The molecule has 44 heavy (non-hydrogen) atoms. The number of amides is 4. The van der Waals surface area contributed by atoms with Crippen LogP contribution in [0.3, 0.4) is 0 Å². The molecular weight excluding hydrogens is 560 g/mol. The summed E-state index contributed by atoms with van der Waals surface area (Å²) in [6.07, 6.45) is -0.0925. The Morgan fingerprint density at radius 1 is 0.909 bits per heavy atom. The van der Waals surface area contributed by atoms with Crippen LogP contribution >= 0.6 is 0 Å². The Bertz CT molecular complexity index is 1430. The van der Waals surface area contributed by atoms with E-state index in [4.69, 9.17) is 10.5 Å². The van der Waals surface area contributed by atoms with Crippen LogP contribution in [0.4, 0.5) is 15.3 Å². The number of primary amides is 1. The average Bonchev–Trinajstić information content (AvgIpc) is 3.33. The monoisotopic (exact) mass is 600 g/mol. The first-order chi connectivity index (χ1) is 21.2. The first kappa shape index (κ1) is 32.2. The summed E-state index contributed by atoms with van der Waals surface area (Å²) in [7, 11) is 0. The van der Waals surface area contributed by atoms with Crippen LogP contribution in [-0.2, 0) is 20.9 Å². The molecule has 10 nitrogen and oxygen atoms in total. The molecule has 4 rings (SSSR count). The Balaban J connectivity index is 1.40. The van der Waals surface area contributed by atoms with Crippen LogP contribution < -0.4 is 21.7 Å². The maximum absolute atomic E-state index is 13.5. The number of rotatable bonds is 14. The average molecular weight is 601 g/mol. The van der Waals surface area contributed by atoms with Crippen molar-refractivity contribution in [3.63, 3.8) is 0 Å². The highest BCUT2D eigenvalue weighted by Gasteiger charge is 2.32. The van der Waals surface area contributed by atoms with E-state index in [1.807, 2.05) is 50.2 Å². The summed E-state index contributed by atoms with van der Waals surface area (Å²) >= 11 is 0. The highest BCUT2D eigenvalue weighted by Crippen LogP contribution is 2.44. The second-order valence-corrected chi connectivity index (χ2v) is 11.3. The minimum atomic E-state index is -0.867. The molecule has 0 saturated heterocycles. The summed E-state index contributed by atoms with van der Waals surface area (Å²) in [6, 6.07) is 21.3. The molecule has 0 radical (unpaired) electrons. The predicted molar refractivity (Wildman–Crippen MR) is 168 cm³/mol. The molecule has 232 valence electrons. The number of hydrogen-bond donors (Lipinski definition) is 5. The highest BCUT2D eigenvalue weighted by molar-refractivity contribution is 5.97. The van der Waals surface area contributed by atoms with Crippen molar-refractivity contribution in [1.82, 2.24) is 10.6 Å². The largest absolute Gasteiger partial charge is 0.449 e. The van der Waals surface area contributed by atoms with E-state index in [9.17, 15) is 24.3 Å². The van der Waals surface area contributed by atoms with E-state index in [-0.39, 0.29) is 49.7 Å². The van der Waals surface area contributed by atoms with Crippen molar-refractivity contribution in [3.8, 4) is 11.1 Å². The number of ether oxygens (including phenoxy) is 1. The summed E-state index contributed by atoms with van der Waals surface area (Å²) in [6.45, 7) is 3.89. The van der Waals surface area contributed by atoms with Crippen molar-refractivity contribution in [2.24, 2.45) is 17.6 Å². The van der Waals surface area contributed by atoms with Crippen molar-refractivity contribution >= 4 is 29.5 Å². The summed E-state index contributed by atoms with van der Waals surface area (Å²) in [4.78, 5) is 50.9. The number of fused-ring (bicyclic) bond motifs is 3. The third kappa shape index (κ3) is 8.23. The Morgan fingerprint density at radius 2 is 1.52 bits per heavy atom. The van der Waals surface area contributed by atoms with Gasteiger partial charge in [0, 0.05) is 30.5 Å². The van der Waals surface area contributed by atoms with Crippen LogP contribution in [0.15, 0.2) is 72.8 Å². The van der Waals surface area contributed by atoms with Gasteiger partial charge < -0.3 is 31.5 Å². The topological polar surface area (TPSA) is 160 Å². The first-order valence-electron chi connectivity index (χ1n) is 14.9. The molecule has 0 bridgehead atoms. The van der Waals surface area contributed by atoms with E-state index in [0.29, 0.717) is 24.1 Å². The number of urea groups is 1. The van der Waals surface area contributed by atoms with Crippen LogP contribution in [0.5, 0.6) is 0 Å². The van der Waals surface area contributed by atoms with E-state index in [2.05, 4.69) is 28.1 Å². The van der Waals surface area contributed by atoms with Crippen LogP contribution in [0.2, 0.25) is 0 Å². The molecule has 0 heterocycles. The smallest absolute Gasteiger partial charge is 0.407 e. The van der Waals surface area contributed by atoms with Gasteiger partial charge in [-0.1, -0.05) is 74.5 Å². The minimum Gasteiger partial charge on any atom is -0.449 e. The van der Waals surface area contributed by atoms with Gasteiger partial charge in [-0.2, -0.15) is 0 Å². The lowest BCUT2D eigenvalue weighted by molar-refractivity contribution is -0.128. The van der Waals surface area contributed by atoms with Crippen LogP contribution in [0.1, 0.15) is 55.7 Å². The molecule has 1 aliphatic carbocycles. The molecule has 2 atom stereocenters. The van der Waals surface area contributed by atoms with Gasteiger partial charge in [0.05, 0.1) is 12.6 Å². The van der Waals surface area contributed by atoms with Gasteiger partial charge in [0.25, 0.3) is 0 Å². The SMILES string of the molecule is CC(C)[C@H](NC(=O)OCC1c2ccccc2-c2ccccc21)C(=O)C[C@@H](CCCNC(N)=O)C(=O)Nc1ccc(CO)cc1. The molecule has 0 unspecified atom stereocenters. The molecule has 0 spiro atoms. The third-order valence-corrected chi connectivity index (χ3v) is 7.88. The van der Waals surface area contributed by atoms with Gasteiger partial charge >= 0.3 is 12.1 Å². The molecule has 3 aromatic rings. The van der Waals surface area contributed by atoms with Gasteiger partial charge in [-0.05, 0) is 58.7 Å². The number of benzene rings is 3. The molecule has 0 aromatic heterocycles. The summed E-state index contributed by atoms with van der Waals surface area (Å²) in [5.41, 5.74) is 10.8. The maximum Gasteiger partial charge on any atom is 0.407 e. The summed E-state index contributed by atoms with van der Waals surface area (Å²) in [5.74, 6) is -1.76. The quantitative estimate of drug-likeness (QED) is 0.169. The van der Waals surface area contributed by atoms with E-state index >= 15 is 0 Å². The molecule has 3 aromatic carbocycles. The number of nitrogens with two attached hydrogens (primary N) is 1. The lowest BCUT2D eigenvalue weighted by Crippen LogP contribution is -2.46. The van der Waals surface area contributed by atoms with Crippen molar-refractivity contribution in [3.05, 3.63) is 89.5 Å². The Morgan fingerprint density at radius 3 is 2.09 bits per heavy atom. The molecule has 6 N–H and O–H groups in total. The molecule has 0 saturated carbocycles. The Hall–Kier alpha value is -4.70. The number of carbonyl (C=O) groups excluding carboxylic acids is 4. The van der Waals surface area contributed by atoms with E-state index in [1.54, 1.807) is 24.3 Å². The summed E-state index contributed by atoms with van der Waals surface area (Å²) < 4.78 is 5.67. The molecule has 10 heteroatoms. The highest BCUT2D eigenvalue weighted by atomic mass is 16.5. The number of alkyl carbamates (subject to hydrolysis) is 1. The Kier molecular flexibility index (Phi) is 11.1.